The highest BCUT2D eigenvalue weighted by molar-refractivity contribution is 7.99. The molecule has 0 fully saturated rings. The van der Waals surface area contributed by atoms with Gasteiger partial charge in [0.15, 0.2) is 0 Å². The van der Waals surface area contributed by atoms with Gasteiger partial charge < -0.3 is 9.73 Å². The zero-order valence-electron chi connectivity index (χ0n) is 14.4. The van der Waals surface area contributed by atoms with Crippen molar-refractivity contribution in [3.63, 3.8) is 0 Å². The molecule has 0 aliphatic rings. The predicted molar refractivity (Wildman–Crippen MR) is 100 cm³/mol. The number of hydrogen-bond donors (Lipinski definition) is 1. The Bertz CT molecular complexity index is 917. The van der Waals surface area contributed by atoms with E-state index in [-0.39, 0.29) is 11.7 Å². The standard InChI is InChI=1S/C17H18N4O2S2/c1-9-5-6-10(2)13(7-9)19-14(22)8-24-17-21-20-16(23-17)15-11(3)18-12(4)25-15/h5-7H,8H2,1-4H3,(H,19,22). The summed E-state index contributed by atoms with van der Waals surface area (Å²) >= 11 is 2.73. The van der Waals surface area contributed by atoms with Crippen LogP contribution < -0.4 is 5.32 Å². The summed E-state index contributed by atoms with van der Waals surface area (Å²) in [5.41, 5.74) is 3.83. The number of nitrogens with zero attached hydrogens (tertiary/aromatic N) is 3. The first-order valence-electron chi connectivity index (χ1n) is 7.70. The first-order valence-corrected chi connectivity index (χ1v) is 9.50. The number of amides is 1. The molecule has 6 nitrogen and oxygen atoms in total. The van der Waals surface area contributed by atoms with Gasteiger partial charge in [-0.15, -0.1) is 21.5 Å². The van der Waals surface area contributed by atoms with E-state index in [0.29, 0.717) is 11.1 Å². The third-order valence-corrected chi connectivity index (χ3v) is 5.38. The summed E-state index contributed by atoms with van der Waals surface area (Å²) in [6.07, 6.45) is 0. The van der Waals surface area contributed by atoms with Gasteiger partial charge in [0, 0.05) is 5.69 Å². The summed E-state index contributed by atoms with van der Waals surface area (Å²) in [6.45, 7) is 7.80. The van der Waals surface area contributed by atoms with Gasteiger partial charge in [-0.05, 0) is 44.9 Å². The van der Waals surface area contributed by atoms with Crippen molar-refractivity contribution in [1.29, 1.82) is 0 Å². The van der Waals surface area contributed by atoms with Crippen molar-refractivity contribution in [1.82, 2.24) is 15.2 Å². The molecule has 1 N–H and O–H groups in total. The monoisotopic (exact) mass is 374 g/mol. The van der Waals surface area contributed by atoms with Crippen molar-refractivity contribution in [3.05, 3.63) is 40.0 Å². The topological polar surface area (TPSA) is 80.9 Å². The highest BCUT2D eigenvalue weighted by Crippen LogP contribution is 2.30. The molecule has 2 aromatic heterocycles. The molecule has 3 rings (SSSR count). The van der Waals surface area contributed by atoms with Crippen LogP contribution in [0.3, 0.4) is 0 Å². The van der Waals surface area contributed by atoms with Gasteiger partial charge in [0.25, 0.3) is 11.1 Å². The molecule has 0 atom stereocenters. The number of aromatic nitrogens is 3. The second kappa shape index (κ2) is 7.37. The second-order valence-electron chi connectivity index (χ2n) is 5.68. The lowest BCUT2D eigenvalue weighted by Gasteiger charge is -2.08. The summed E-state index contributed by atoms with van der Waals surface area (Å²) in [5.74, 6) is 0.541. The molecule has 0 aliphatic heterocycles. The van der Waals surface area contributed by atoms with E-state index in [1.165, 1.54) is 23.1 Å². The predicted octanol–water partition coefficient (Wildman–Crippen LogP) is 4.16. The number of rotatable bonds is 5. The number of aryl methyl sites for hydroxylation is 4. The normalized spacial score (nSPS) is 10.9. The molecule has 1 aromatic carbocycles. The summed E-state index contributed by atoms with van der Waals surface area (Å²) in [6, 6.07) is 5.96. The van der Waals surface area contributed by atoms with Crippen molar-refractivity contribution in [2.24, 2.45) is 0 Å². The Labute approximate surface area is 154 Å². The molecule has 0 saturated heterocycles. The number of hydrogen-bond acceptors (Lipinski definition) is 7. The van der Waals surface area contributed by atoms with E-state index in [0.717, 1.165) is 32.4 Å². The second-order valence-corrected chi connectivity index (χ2v) is 7.81. The van der Waals surface area contributed by atoms with Crippen LogP contribution in [0.4, 0.5) is 5.69 Å². The quantitative estimate of drug-likeness (QED) is 0.676. The fourth-order valence-electron chi connectivity index (χ4n) is 2.27. The third-order valence-electron chi connectivity index (χ3n) is 3.50. The van der Waals surface area contributed by atoms with E-state index in [1.54, 1.807) is 0 Å². The van der Waals surface area contributed by atoms with E-state index < -0.39 is 0 Å². The van der Waals surface area contributed by atoms with Gasteiger partial charge in [-0.25, -0.2) is 4.98 Å². The number of anilines is 1. The van der Waals surface area contributed by atoms with Crippen molar-refractivity contribution < 1.29 is 9.21 Å². The number of nitrogens with one attached hydrogen (secondary N) is 1. The average molecular weight is 374 g/mol. The van der Waals surface area contributed by atoms with Gasteiger partial charge >= 0.3 is 0 Å². The van der Waals surface area contributed by atoms with Crippen LogP contribution in [0.2, 0.25) is 0 Å². The van der Waals surface area contributed by atoms with Crippen LogP contribution >= 0.6 is 23.1 Å². The van der Waals surface area contributed by atoms with Crippen LogP contribution in [0.1, 0.15) is 21.8 Å². The Morgan fingerprint density at radius 1 is 1.24 bits per heavy atom. The van der Waals surface area contributed by atoms with E-state index in [1.807, 2.05) is 45.9 Å². The SMILES string of the molecule is Cc1ccc(C)c(NC(=O)CSc2nnc(-c3sc(C)nc3C)o2)c1. The van der Waals surface area contributed by atoms with Gasteiger partial charge in [0.2, 0.25) is 5.91 Å². The molecule has 8 heteroatoms. The van der Waals surface area contributed by atoms with Gasteiger partial charge in [-0.2, -0.15) is 0 Å². The number of carbonyl (C=O) groups excluding carboxylic acids is 1. The Morgan fingerprint density at radius 3 is 2.76 bits per heavy atom. The smallest absolute Gasteiger partial charge is 0.277 e. The lowest BCUT2D eigenvalue weighted by molar-refractivity contribution is -0.113. The minimum Gasteiger partial charge on any atom is -0.410 e. The molecule has 0 aliphatic carbocycles. The zero-order chi connectivity index (χ0) is 18.0. The van der Waals surface area contributed by atoms with Crippen molar-refractivity contribution in [3.8, 4) is 10.8 Å². The number of thioether (sulfide) groups is 1. The lowest BCUT2D eigenvalue weighted by Crippen LogP contribution is -2.14. The van der Waals surface area contributed by atoms with Gasteiger partial charge in [0.1, 0.15) is 4.88 Å². The highest BCUT2D eigenvalue weighted by atomic mass is 32.2. The summed E-state index contributed by atoms with van der Waals surface area (Å²) in [4.78, 5) is 17.4. The fraction of sp³-hybridized carbons (Fsp3) is 0.294. The van der Waals surface area contributed by atoms with Crippen molar-refractivity contribution in [2.45, 2.75) is 32.9 Å². The lowest BCUT2D eigenvalue weighted by atomic mass is 10.1. The molecule has 25 heavy (non-hydrogen) atoms. The molecular formula is C17H18N4O2S2. The third kappa shape index (κ3) is 4.26. The molecule has 0 unspecified atom stereocenters. The number of benzene rings is 1. The van der Waals surface area contributed by atoms with Crippen LogP contribution in [0.25, 0.3) is 10.8 Å². The van der Waals surface area contributed by atoms with Crippen LogP contribution in [0, 0.1) is 27.7 Å². The Kier molecular flexibility index (Phi) is 5.19. The summed E-state index contributed by atoms with van der Waals surface area (Å²) < 4.78 is 5.64. The Morgan fingerprint density at radius 2 is 2.04 bits per heavy atom. The van der Waals surface area contributed by atoms with Crippen molar-refractivity contribution >= 4 is 34.7 Å². The molecule has 0 spiro atoms. The molecule has 130 valence electrons. The maximum absolute atomic E-state index is 12.2. The van der Waals surface area contributed by atoms with Crippen LogP contribution in [-0.4, -0.2) is 26.8 Å². The summed E-state index contributed by atoms with van der Waals surface area (Å²) in [5, 5.41) is 12.3. The summed E-state index contributed by atoms with van der Waals surface area (Å²) in [7, 11) is 0. The first-order chi connectivity index (χ1) is 11.9. The molecule has 1 amide bonds. The Balaban J connectivity index is 1.61. The van der Waals surface area contributed by atoms with Crippen molar-refractivity contribution in [2.75, 3.05) is 11.1 Å². The minimum atomic E-state index is -0.108. The van der Waals surface area contributed by atoms with Gasteiger partial charge in [-0.3, -0.25) is 4.79 Å². The molecule has 0 saturated carbocycles. The van der Waals surface area contributed by atoms with Crippen LogP contribution in [0.15, 0.2) is 27.8 Å². The first kappa shape index (κ1) is 17.6. The molecule has 2 heterocycles. The molecule has 3 aromatic rings. The molecule has 0 radical (unpaired) electrons. The minimum absolute atomic E-state index is 0.108. The fourth-order valence-corrected chi connectivity index (χ4v) is 3.68. The largest absolute Gasteiger partial charge is 0.410 e. The maximum atomic E-state index is 12.2. The highest BCUT2D eigenvalue weighted by Gasteiger charge is 2.16. The van der Waals surface area contributed by atoms with Crippen LogP contribution in [0.5, 0.6) is 0 Å². The number of carbonyl (C=O) groups is 1. The van der Waals surface area contributed by atoms with Gasteiger partial charge in [0.05, 0.1) is 16.5 Å². The van der Waals surface area contributed by atoms with E-state index in [2.05, 4.69) is 20.5 Å². The van der Waals surface area contributed by atoms with E-state index >= 15 is 0 Å². The Hall–Kier alpha value is -2.19. The van der Waals surface area contributed by atoms with Crippen LogP contribution in [-0.2, 0) is 4.79 Å². The van der Waals surface area contributed by atoms with E-state index in [4.69, 9.17) is 4.42 Å². The number of thiazole rings is 1. The molecular weight excluding hydrogens is 356 g/mol. The van der Waals surface area contributed by atoms with E-state index in [9.17, 15) is 4.79 Å². The molecule has 0 bridgehead atoms. The van der Waals surface area contributed by atoms with Gasteiger partial charge in [-0.1, -0.05) is 23.9 Å². The zero-order valence-corrected chi connectivity index (χ0v) is 16.0. The maximum Gasteiger partial charge on any atom is 0.277 e. The average Bonchev–Trinajstić information content (AvgIpc) is 3.15.